The van der Waals surface area contributed by atoms with Crippen molar-refractivity contribution in [3.63, 3.8) is 0 Å². The quantitative estimate of drug-likeness (QED) is 0.472. The summed E-state index contributed by atoms with van der Waals surface area (Å²) >= 11 is 0. The van der Waals surface area contributed by atoms with Crippen LogP contribution in [-0.4, -0.2) is 14.8 Å². The van der Waals surface area contributed by atoms with Crippen LogP contribution in [0.5, 0.6) is 0 Å². The van der Waals surface area contributed by atoms with Gasteiger partial charge in [-0.2, -0.15) is 0 Å². The minimum absolute atomic E-state index is 0.491. The zero-order chi connectivity index (χ0) is 7.14. The predicted molar refractivity (Wildman–Crippen MR) is 35.5 cm³/mol. The lowest BCUT2D eigenvalue weighted by molar-refractivity contribution is 0.345. The Morgan fingerprint density at radius 2 is 2.20 bits per heavy atom. The maximum atomic E-state index is 5.06. The van der Waals surface area contributed by atoms with Gasteiger partial charge in [-0.3, -0.25) is 0 Å². The predicted octanol–water partition coefficient (Wildman–Crippen LogP) is -0.857. The lowest BCUT2D eigenvalue weighted by Crippen LogP contribution is -2.08. The number of fused-ring (bicyclic) bond motifs is 1. The van der Waals surface area contributed by atoms with Crippen molar-refractivity contribution in [2.24, 2.45) is 0 Å². The zero-order valence-electron chi connectivity index (χ0n) is 5.24. The first-order valence-corrected chi connectivity index (χ1v) is 2.77. The van der Waals surface area contributed by atoms with Gasteiger partial charge in [0.1, 0.15) is 0 Å². The topological polar surface area (TPSA) is 43.3 Å². The minimum atomic E-state index is 0.491. The minimum Gasteiger partial charge on any atom is -0.372 e. The van der Waals surface area contributed by atoms with E-state index >= 15 is 0 Å². The highest BCUT2D eigenvalue weighted by Crippen LogP contribution is 1.86. The van der Waals surface area contributed by atoms with Gasteiger partial charge in [-0.15, -0.1) is 14.8 Å². The molecule has 0 aliphatic carbocycles. The molecule has 0 aliphatic rings. The summed E-state index contributed by atoms with van der Waals surface area (Å²) in [5.74, 6) is 0. The first kappa shape index (κ1) is 5.22. The normalized spacial score (nSPS) is 10.8. The molecule has 2 aromatic rings. The second-order valence-electron chi connectivity index (χ2n) is 1.97. The fourth-order valence-corrected chi connectivity index (χ4v) is 0.797. The molecule has 2 rings (SSSR count). The first-order valence-electron chi connectivity index (χ1n) is 2.77. The Labute approximate surface area is 56.1 Å². The van der Waals surface area contributed by atoms with E-state index < -0.39 is 0 Å². The van der Waals surface area contributed by atoms with Crippen LogP contribution in [0, 0.1) is 0 Å². The SMILES string of the molecule is C=c1cc2nnc(=C)n2o1. The molecule has 2 heterocycles. The van der Waals surface area contributed by atoms with Gasteiger partial charge in [0.15, 0.2) is 16.5 Å². The Morgan fingerprint density at radius 1 is 1.40 bits per heavy atom. The highest BCUT2D eigenvalue weighted by molar-refractivity contribution is 5.33. The van der Waals surface area contributed by atoms with E-state index in [-0.39, 0.29) is 0 Å². The van der Waals surface area contributed by atoms with Crippen LogP contribution in [0.25, 0.3) is 18.8 Å². The van der Waals surface area contributed by atoms with E-state index in [4.69, 9.17) is 4.52 Å². The molecule has 10 heavy (non-hydrogen) atoms. The van der Waals surface area contributed by atoms with Crippen molar-refractivity contribution in [2.75, 3.05) is 0 Å². The highest BCUT2D eigenvalue weighted by Gasteiger charge is 1.97. The monoisotopic (exact) mass is 135 g/mol. The third-order valence-electron chi connectivity index (χ3n) is 1.21. The first-order chi connectivity index (χ1) is 4.77. The molecule has 0 atom stereocenters. The Bertz CT molecular complexity index is 453. The summed E-state index contributed by atoms with van der Waals surface area (Å²) in [5.41, 5.74) is 1.70. The van der Waals surface area contributed by atoms with Crippen LogP contribution in [-0.2, 0) is 0 Å². The molecule has 0 aromatic carbocycles. The summed E-state index contributed by atoms with van der Waals surface area (Å²) in [6.07, 6.45) is 0. The molecular formula is C6H5N3O. The molecule has 0 saturated carbocycles. The molecule has 0 N–H and O–H groups in total. The van der Waals surface area contributed by atoms with Crippen molar-refractivity contribution in [3.05, 3.63) is 17.0 Å². The van der Waals surface area contributed by atoms with E-state index in [9.17, 15) is 0 Å². The standard InChI is InChI=1S/C6H5N3O/c1-4-3-6-8-7-5(2)9(6)10-4/h3H,1-2H2. The average Bonchev–Trinajstić information content (AvgIpc) is 2.35. The Morgan fingerprint density at radius 3 is 2.90 bits per heavy atom. The number of hydrogen-bond acceptors (Lipinski definition) is 3. The summed E-state index contributed by atoms with van der Waals surface area (Å²) in [6, 6.07) is 1.70. The van der Waals surface area contributed by atoms with Crippen LogP contribution >= 0.6 is 0 Å². The number of nitrogens with zero attached hydrogens (tertiary/aromatic N) is 3. The molecule has 0 saturated heterocycles. The van der Waals surface area contributed by atoms with Crippen LogP contribution in [0.1, 0.15) is 0 Å². The molecule has 0 radical (unpaired) electrons. The van der Waals surface area contributed by atoms with Crippen molar-refractivity contribution in [1.82, 2.24) is 14.8 Å². The summed E-state index contributed by atoms with van der Waals surface area (Å²) in [6.45, 7) is 7.18. The van der Waals surface area contributed by atoms with Crippen LogP contribution in [0.4, 0.5) is 0 Å². The van der Waals surface area contributed by atoms with Crippen LogP contribution in [0.15, 0.2) is 10.6 Å². The van der Waals surface area contributed by atoms with Gasteiger partial charge < -0.3 is 4.52 Å². The molecule has 0 unspecified atom stereocenters. The van der Waals surface area contributed by atoms with E-state index in [1.54, 1.807) is 6.07 Å². The number of aromatic nitrogens is 3. The maximum absolute atomic E-state index is 5.06. The molecule has 4 nitrogen and oxygen atoms in total. The maximum Gasteiger partial charge on any atom is 0.197 e. The summed E-state index contributed by atoms with van der Waals surface area (Å²) in [4.78, 5) is 0. The number of rotatable bonds is 0. The Balaban J connectivity index is 3.18. The third kappa shape index (κ3) is 0.500. The summed E-state index contributed by atoms with van der Waals surface area (Å²) in [5, 5.41) is 7.43. The van der Waals surface area contributed by atoms with Gasteiger partial charge in [-0.05, 0) is 0 Å². The molecule has 0 aliphatic heterocycles. The van der Waals surface area contributed by atoms with Crippen LogP contribution < -0.4 is 10.9 Å². The zero-order valence-corrected chi connectivity index (χ0v) is 5.24. The fraction of sp³-hybridized carbons (Fsp3) is 0. The Kier molecular flexibility index (Phi) is 0.768. The van der Waals surface area contributed by atoms with Gasteiger partial charge in [0.2, 0.25) is 0 Å². The molecule has 0 fully saturated rings. The van der Waals surface area contributed by atoms with Gasteiger partial charge in [0.05, 0.1) is 0 Å². The molecule has 2 aromatic heterocycles. The largest absolute Gasteiger partial charge is 0.372 e. The fourth-order valence-electron chi connectivity index (χ4n) is 0.797. The summed E-state index contributed by atoms with van der Waals surface area (Å²) in [7, 11) is 0. The van der Waals surface area contributed by atoms with Crippen molar-refractivity contribution in [1.29, 1.82) is 0 Å². The molecule has 4 heteroatoms. The van der Waals surface area contributed by atoms with E-state index in [0.717, 1.165) is 0 Å². The molecule has 0 spiro atoms. The van der Waals surface area contributed by atoms with E-state index in [1.807, 2.05) is 0 Å². The lowest BCUT2D eigenvalue weighted by Gasteiger charge is -1.74. The molecule has 0 amide bonds. The average molecular weight is 135 g/mol. The number of hydrogen-bond donors (Lipinski definition) is 0. The summed E-state index contributed by atoms with van der Waals surface area (Å²) < 4.78 is 6.49. The molecule has 50 valence electrons. The van der Waals surface area contributed by atoms with E-state index in [1.165, 1.54) is 4.57 Å². The van der Waals surface area contributed by atoms with Gasteiger partial charge in [-0.25, -0.2) is 0 Å². The molecular weight excluding hydrogens is 130 g/mol. The van der Waals surface area contributed by atoms with Gasteiger partial charge in [-0.1, -0.05) is 13.2 Å². The van der Waals surface area contributed by atoms with Gasteiger partial charge >= 0.3 is 0 Å². The smallest absolute Gasteiger partial charge is 0.197 e. The molecule has 0 bridgehead atoms. The second kappa shape index (κ2) is 1.47. The third-order valence-corrected chi connectivity index (χ3v) is 1.21. The van der Waals surface area contributed by atoms with Gasteiger partial charge in [0.25, 0.3) is 0 Å². The van der Waals surface area contributed by atoms with E-state index in [2.05, 4.69) is 23.4 Å². The van der Waals surface area contributed by atoms with Crippen molar-refractivity contribution in [2.45, 2.75) is 0 Å². The van der Waals surface area contributed by atoms with E-state index in [0.29, 0.717) is 16.5 Å². The van der Waals surface area contributed by atoms with Crippen molar-refractivity contribution in [3.8, 4) is 0 Å². The van der Waals surface area contributed by atoms with Crippen LogP contribution in [0.3, 0.4) is 0 Å². The van der Waals surface area contributed by atoms with Crippen molar-refractivity contribution < 1.29 is 4.52 Å². The van der Waals surface area contributed by atoms with Gasteiger partial charge in [0, 0.05) is 6.07 Å². The second-order valence-corrected chi connectivity index (χ2v) is 1.97. The van der Waals surface area contributed by atoms with Crippen molar-refractivity contribution >= 4 is 18.8 Å². The Hall–Kier alpha value is -1.58. The van der Waals surface area contributed by atoms with Crippen LogP contribution in [0.2, 0.25) is 0 Å². The lowest BCUT2D eigenvalue weighted by atomic mass is 10.6. The highest BCUT2D eigenvalue weighted by atomic mass is 16.5.